The lowest BCUT2D eigenvalue weighted by molar-refractivity contribution is -0.147. The van der Waals surface area contributed by atoms with Crippen molar-refractivity contribution >= 4 is 22.0 Å². The van der Waals surface area contributed by atoms with Crippen LogP contribution in [0, 0.1) is 23.2 Å². The molecule has 2 amide bonds. The maximum atomic E-state index is 13.4. The molecule has 0 bridgehead atoms. The second-order valence-electron chi connectivity index (χ2n) is 10.5. The Balaban J connectivity index is 1.45. The number of carbonyl (C=O) groups excluding carboxylic acids is 2. The zero-order valence-electron chi connectivity index (χ0n) is 21.8. The highest BCUT2D eigenvalue weighted by Crippen LogP contribution is 2.34. The number of hydrogen-bond donors (Lipinski definition) is 1. The summed E-state index contributed by atoms with van der Waals surface area (Å²) in [5, 5.41) is 11.2. The normalized spacial score (nSPS) is 24.0. The minimum atomic E-state index is -4.74. The van der Waals surface area contributed by atoms with Crippen molar-refractivity contribution in [3.8, 4) is 6.07 Å². The molecular formula is C25H29F6N5O4S. The van der Waals surface area contributed by atoms with Crippen LogP contribution in [0.2, 0.25) is 0 Å². The van der Waals surface area contributed by atoms with Crippen LogP contribution in [0.4, 0.5) is 26.3 Å². The second-order valence-corrected chi connectivity index (χ2v) is 12.5. The van der Waals surface area contributed by atoms with Crippen molar-refractivity contribution in [2.75, 3.05) is 32.7 Å². The van der Waals surface area contributed by atoms with E-state index in [1.54, 1.807) is 0 Å². The Labute approximate surface area is 233 Å². The Morgan fingerprint density at radius 1 is 0.976 bits per heavy atom. The van der Waals surface area contributed by atoms with Crippen LogP contribution in [-0.4, -0.2) is 78.7 Å². The molecule has 3 aliphatic heterocycles. The van der Waals surface area contributed by atoms with E-state index in [0.717, 1.165) is 12.1 Å². The molecule has 226 valence electrons. The van der Waals surface area contributed by atoms with Gasteiger partial charge >= 0.3 is 12.4 Å². The molecule has 3 heterocycles. The van der Waals surface area contributed by atoms with Crippen molar-refractivity contribution in [1.29, 1.82) is 5.26 Å². The Morgan fingerprint density at radius 2 is 1.61 bits per heavy atom. The molecule has 1 N–H and O–H groups in total. The van der Waals surface area contributed by atoms with Gasteiger partial charge in [0.1, 0.15) is 6.04 Å². The molecule has 3 fully saturated rings. The van der Waals surface area contributed by atoms with Gasteiger partial charge in [-0.2, -0.15) is 48.6 Å². The molecule has 16 heteroatoms. The quantitative estimate of drug-likeness (QED) is 0.477. The molecule has 0 radical (unpaired) electrons. The number of amides is 2. The summed E-state index contributed by atoms with van der Waals surface area (Å²) in [7, 11) is -3.88. The third-order valence-electron chi connectivity index (χ3n) is 7.65. The lowest BCUT2D eigenvalue weighted by Gasteiger charge is -2.41. The molecule has 4 rings (SSSR count). The van der Waals surface area contributed by atoms with Gasteiger partial charge in [-0.25, -0.2) is 0 Å². The first-order valence-electron chi connectivity index (χ1n) is 13.1. The first-order valence-corrected chi connectivity index (χ1v) is 14.5. The molecule has 0 unspecified atom stereocenters. The number of rotatable bonds is 7. The number of nitrogens with zero attached hydrogens (tertiary/aromatic N) is 4. The summed E-state index contributed by atoms with van der Waals surface area (Å²) in [5.74, 6) is -2.50. The number of alkyl halides is 6. The van der Waals surface area contributed by atoms with Gasteiger partial charge in [0.2, 0.25) is 11.8 Å². The van der Waals surface area contributed by atoms with Crippen LogP contribution in [-0.2, 0) is 26.0 Å². The molecule has 3 atom stereocenters. The summed E-state index contributed by atoms with van der Waals surface area (Å²) in [4.78, 5) is 27.9. The third-order valence-corrected chi connectivity index (χ3v) is 9.58. The van der Waals surface area contributed by atoms with Gasteiger partial charge in [-0.3, -0.25) is 9.59 Å². The zero-order valence-corrected chi connectivity index (χ0v) is 22.6. The van der Waals surface area contributed by atoms with Gasteiger partial charge in [0.05, 0.1) is 35.9 Å². The van der Waals surface area contributed by atoms with E-state index >= 15 is 0 Å². The van der Waals surface area contributed by atoms with Crippen LogP contribution < -0.4 is 5.32 Å². The fourth-order valence-electron chi connectivity index (χ4n) is 5.42. The molecule has 0 aromatic heterocycles. The summed E-state index contributed by atoms with van der Waals surface area (Å²) in [6.07, 6.45) is -9.64. The number of piperidine rings is 1. The summed E-state index contributed by atoms with van der Waals surface area (Å²) in [5.41, 5.74) is -1.22. The SMILES string of the molecule is N#CC1CN(S(=O)(=O)N2CCC[C@H](C(=O)N3CCC[C@@H]3C(=O)N[C@H](CC(F)(F)F)c3ccc(C(F)(F)F)cc3)C2)C1. The van der Waals surface area contributed by atoms with Gasteiger partial charge in [0.15, 0.2) is 0 Å². The van der Waals surface area contributed by atoms with E-state index in [2.05, 4.69) is 5.32 Å². The van der Waals surface area contributed by atoms with E-state index in [-0.39, 0.29) is 50.6 Å². The van der Waals surface area contributed by atoms with E-state index in [1.807, 2.05) is 6.07 Å². The van der Waals surface area contributed by atoms with Crippen molar-refractivity contribution in [3.05, 3.63) is 35.4 Å². The molecule has 0 saturated carbocycles. The highest BCUT2D eigenvalue weighted by Gasteiger charge is 2.44. The van der Waals surface area contributed by atoms with E-state index in [1.165, 1.54) is 13.5 Å². The average molecular weight is 610 g/mol. The van der Waals surface area contributed by atoms with Gasteiger partial charge < -0.3 is 10.2 Å². The topological polar surface area (TPSA) is 114 Å². The lowest BCUT2D eigenvalue weighted by Crippen LogP contribution is -2.57. The second kappa shape index (κ2) is 11.8. The number of benzene rings is 1. The molecule has 1 aromatic carbocycles. The fourth-order valence-corrected chi connectivity index (χ4v) is 7.21. The zero-order chi connectivity index (χ0) is 30.2. The van der Waals surface area contributed by atoms with Crippen molar-refractivity contribution in [3.63, 3.8) is 0 Å². The van der Waals surface area contributed by atoms with Gasteiger partial charge in [0, 0.05) is 32.7 Å². The lowest BCUT2D eigenvalue weighted by atomic mass is 9.97. The molecule has 9 nitrogen and oxygen atoms in total. The van der Waals surface area contributed by atoms with Crippen LogP contribution in [0.15, 0.2) is 24.3 Å². The number of carbonyl (C=O) groups is 2. The predicted octanol–water partition coefficient (Wildman–Crippen LogP) is 3.22. The maximum Gasteiger partial charge on any atom is 0.416 e. The Morgan fingerprint density at radius 3 is 2.20 bits per heavy atom. The van der Waals surface area contributed by atoms with Crippen LogP contribution in [0.5, 0.6) is 0 Å². The van der Waals surface area contributed by atoms with E-state index in [4.69, 9.17) is 5.26 Å². The molecule has 0 aliphatic carbocycles. The van der Waals surface area contributed by atoms with Gasteiger partial charge in [-0.05, 0) is 43.4 Å². The number of likely N-dealkylation sites (tertiary alicyclic amines) is 1. The molecule has 1 aromatic rings. The third kappa shape index (κ3) is 7.12. The van der Waals surface area contributed by atoms with Crippen molar-refractivity contribution < 1.29 is 44.3 Å². The van der Waals surface area contributed by atoms with Crippen LogP contribution in [0.3, 0.4) is 0 Å². The number of nitriles is 1. The highest BCUT2D eigenvalue weighted by atomic mass is 32.2. The molecule has 3 aliphatic rings. The van der Waals surface area contributed by atoms with Crippen molar-refractivity contribution in [2.24, 2.45) is 11.8 Å². The standard InChI is InChI=1S/C25H29F6N5O4S/c26-24(27,28)11-20(17-5-7-19(8-6-17)25(29,30)31)33-22(37)21-4-2-10-36(21)23(38)18-3-1-9-34(15-18)41(39,40)35-13-16(12-32)14-35/h5-8,16,18,20-21H,1-4,9-11,13-15H2,(H,33,37)/t18-,20+,21+/m0/s1. The number of halogens is 6. The van der Waals surface area contributed by atoms with E-state index in [0.29, 0.717) is 31.4 Å². The van der Waals surface area contributed by atoms with Gasteiger partial charge in [-0.15, -0.1) is 0 Å². The monoisotopic (exact) mass is 609 g/mol. The number of nitrogens with one attached hydrogen (secondary N) is 1. The fraction of sp³-hybridized carbons (Fsp3) is 0.640. The summed E-state index contributed by atoms with van der Waals surface area (Å²) in [6, 6.07) is 2.26. The summed E-state index contributed by atoms with van der Waals surface area (Å²) < 4.78 is 107. The molecule has 3 saturated heterocycles. The average Bonchev–Trinajstić information content (AvgIpc) is 3.36. The Hall–Kier alpha value is -2.90. The van der Waals surface area contributed by atoms with Crippen molar-refractivity contribution in [1.82, 2.24) is 18.8 Å². The maximum absolute atomic E-state index is 13.4. The van der Waals surface area contributed by atoms with E-state index < -0.39 is 64.4 Å². The van der Waals surface area contributed by atoms with E-state index in [9.17, 15) is 44.3 Å². The first-order chi connectivity index (χ1) is 19.1. The van der Waals surface area contributed by atoms with Gasteiger partial charge in [0.25, 0.3) is 10.2 Å². The minimum Gasteiger partial charge on any atom is -0.347 e. The van der Waals surface area contributed by atoms with Crippen molar-refractivity contribution in [2.45, 2.75) is 56.5 Å². The van der Waals surface area contributed by atoms with Crippen LogP contribution >= 0.6 is 0 Å². The first kappa shape index (κ1) is 31.0. The Bertz CT molecular complexity index is 1280. The molecule has 41 heavy (non-hydrogen) atoms. The summed E-state index contributed by atoms with van der Waals surface area (Å²) in [6.45, 7) is 0.360. The number of hydrogen-bond acceptors (Lipinski definition) is 5. The Kier molecular flexibility index (Phi) is 8.91. The molecular weight excluding hydrogens is 580 g/mol. The smallest absolute Gasteiger partial charge is 0.347 e. The van der Waals surface area contributed by atoms with Crippen LogP contribution in [0.25, 0.3) is 0 Å². The largest absolute Gasteiger partial charge is 0.416 e. The summed E-state index contributed by atoms with van der Waals surface area (Å²) >= 11 is 0. The molecule has 0 spiro atoms. The predicted molar refractivity (Wildman–Crippen MR) is 132 cm³/mol. The van der Waals surface area contributed by atoms with Crippen LogP contribution in [0.1, 0.15) is 49.3 Å². The van der Waals surface area contributed by atoms with Gasteiger partial charge in [-0.1, -0.05) is 12.1 Å². The highest BCUT2D eigenvalue weighted by molar-refractivity contribution is 7.86. The minimum absolute atomic E-state index is 0.0698.